The molecule has 9 rings (SSSR count). The van der Waals surface area contributed by atoms with Crippen molar-refractivity contribution >= 4 is 102 Å². The van der Waals surface area contributed by atoms with Gasteiger partial charge in [-0.1, -0.05) is 0 Å². The molecule has 9 aromatic rings. The standard InChI is InChI=1S/4C10H9NO.C7H6O4S.2Ga/c4*1-7-5-6-8-3-2-4-9(12)10(8)11-7;8-6(9)5(7(10)11)4-1-2-12-3-4;;/h4*2-6,12H,1H3;1-3,5H,(H,8,9)(H,10,11);;/q;;;;;2*+3/p-6. The number of hydrogen-bond acceptors (Lipinski definition) is 13. The van der Waals surface area contributed by atoms with Gasteiger partial charge in [0.2, 0.25) is 0 Å². The Morgan fingerprint density at radius 3 is 1.06 bits per heavy atom. The van der Waals surface area contributed by atoms with Crippen LogP contribution >= 0.6 is 11.3 Å². The first-order valence-electron chi connectivity index (χ1n) is 19.7. The summed E-state index contributed by atoms with van der Waals surface area (Å²) in [6.07, 6.45) is 0. The number of hydrogen-bond donors (Lipinski definition) is 0. The van der Waals surface area contributed by atoms with E-state index in [9.17, 15) is 9.59 Å². The fourth-order valence-corrected chi connectivity index (χ4v) is 12.9. The van der Waals surface area contributed by atoms with Crippen LogP contribution in [0, 0.1) is 27.7 Å². The van der Waals surface area contributed by atoms with Crippen molar-refractivity contribution in [3.63, 3.8) is 0 Å². The Hall–Kier alpha value is -6.37. The Bertz CT molecular complexity index is 2770. The van der Waals surface area contributed by atoms with Gasteiger partial charge in [-0.05, 0) is 0 Å². The topological polar surface area (TPSA) is 141 Å². The molecule has 0 aliphatic carbocycles. The first kappa shape index (κ1) is 41.0. The molecule has 0 saturated heterocycles. The number of carbonyl (C=O) groups excluding carboxylic acids is 2. The molecule has 5 heterocycles. The van der Waals surface area contributed by atoms with Crippen molar-refractivity contribution in [3.05, 3.63) is 166 Å². The van der Waals surface area contributed by atoms with Gasteiger partial charge in [-0.2, -0.15) is 0 Å². The van der Waals surface area contributed by atoms with E-state index in [4.69, 9.17) is 41.1 Å². The summed E-state index contributed by atoms with van der Waals surface area (Å²) in [7, 11) is 0. The van der Waals surface area contributed by atoms with Gasteiger partial charge in [0, 0.05) is 0 Å². The Morgan fingerprint density at radius 2 is 0.774 bits per heavy atom. The summed E-state index contributed by atoms with van der Waals surface area (Å²) >= 11 is -7.22. The van der Waals surface area contributed by atoms with E-state index in [1.807, 2.05) is 125 Å². The summed E-state index contributed by atoms with van der Waals surface area (Å²) in [5, 5.41) is 6.78. The minimum atomic E-state index is -4.27. The third kappa shape index (κ3) is 8.98. The van der Waals surface area contributed by atoms with Crippen molar-refractivity contribution in [2.45, 2.75) is 33.6 Å². The maximum atomic E-state index is 14.7. The number of carbonyl (C=O) groups is 2. The van der Waals surface area contributed by atoms with Gasteiger partial charge in [-0.3, -0.25) is 0 Å². The molecule has 0 atom stereocenters. The minimum absolute atomic E-state index is 0.363. The summed E-state index contributed by atoms with van der Waals surface area (Å²) in [5.41, 5.74) is 5.76. The fourth-order valence-electron chi connectivity index (χ4n) is 6.94. The van der Waals surface area contributed by atoms with Crippen molar-refractivity contribution in [3.8, 4) is 23.0 Å². The molecule has 0 unspecified atom stereocenters. The molecule has 0 saturated carbocycles. The van der Waals surface area contributed by atoms with Gasteiger partial charge in [-0.15, -0.1) is 0 Å². The second-order valence-electron chi connectivity index (χ2n) is 14.5. The van der Waals surface area contributed by atoms with Crippen LogP contribution in [-0.2, 0) is 16.6 Å². The zero-order valence-electron chi connectivity index (χ0n) is 34.0. The van der Waals surface area contributed by atoms with E-state index in [1.165, 1.54) is 11.3 Å². The number of para-hydroxylation sites is 4. The van der Waals surface area contributed by atoms with Crippen molar-refractivity contribution in [1.29, 1.82) is 0 Å². The van der Waals surface area contributed by atoms with Crippen LogP contribution in [0.4, 0.5) is 0 Å². The molecule has 304 valence electrons. The van der Waals surface area contributed by atoms with E-state index in [2.05, 4.69) is 0 Å². The summed E-state index contributed by atoms with van der Waals surface area (Å²) in [5.74, 6) is -1.90. The third-order valence-corrected chi connectivity index (χ3v) is 16.2. The zero-order chi connectivity index (χ0) is 42.7. The number of pyridine rings is 4. The Balaban J connectivity index is 1.07. The van der Waals surface area contributed by atoms with Crippen LogP contribution in [0.3, 0.4) is 0 Å². The van der Waals surface area contributed by atoms with E-state index < -0.39 is 52.5 Å². The molecular weight excluding hydrogens is 920 g/mol. The quantitative estimate of drug-likeness (QED) is 0.0803. The summed E-state index contributed by atoms with van der Waals surface area (Å²) < 4.78 is 38.7. The molecule has 12 nitrogen and oxygen atoms in total. The van der Waals surface area contributed by atoms with Crippen LogP contribution in [0.5, 0.6) is 23.0 Å². The SMILES string of the molecule is Cc1ccc2cccc([O][Ga]([O]C(=O)C(C(=O)[O][Ga]([O]c3cccc4ccc(C)nc34)[O]c3cccc4ccc(C)nc34)c3ccsc3)[O]c3cccc4ccc(C)nc34)c2n1. The molecule has 5 aromatic heterocycles. The number of aryl methyl sites for hydroxylation is 4. The second-order valence-corrected chi connectivity index (χ2v) is 20.7. The van der Waals surface area contributed by atoms with Crippen molar-refractivity contribution < 1.29 is 30.8 Å². The molecule has 15 heteroatoms. The molecule has 0 radical (unpaired) electrons. The molecule has 62 heavy (non-hydrogen) atoms. The number of fused-ring (bicyclic) bond motifs is 4. The average molecular weight is 956 g/mol. The van der Waals surface area contributed by atoms with Crippen molar-refractivity contribution in [1.82, 2.24) is 19.9 Å². The van der Waals surface area contributed by atoms with Crippen LogP contribution < -0.4 is 14.1 Å². The summed E-state index contributed by atoms with van der Waals surface area (Å²) in [6, 6.07) is 39.1. The van der Waals surface area contributed by atoms with Crippen LogP contribution in [-0.4, -0.2) is 66.5 Å². The molecule has 0 fully saturated rings. The van der Waals surface area contributed by atoms with Crippen molar-refractivity contribution in [2.24, 2.45) is 0 Å². The molecule has 0 amide bonds. The molecular formula is C47H36Ga2N4O8S. The van der Waals surface area contributed by atoms with Gasteiger partial charge in [0.25, 0.3) is 0 Å². The fraction of sp³-hybridized carbons (Fsp3) is 0.106. The van der Waals surface area contributed by atoms with E-state index in [-0.39, 0.29) is 0 Å². The van der Waals surface area contributed by atoms with E-state index in [0.29, 0.717) is 50.6 Å². The van der Waals surface area contributed by atoms with Crippen molar-refractivity contribution in [2.75, 3.05) is 0 Å². The van der Waals surface area contributed by atoms with Gasteiger partial charge in [0.15, 0.2) is 0 Å². The third-order valence-electron chi connectivity index (χ3n) is 9.96. The molecule has 0 aliphatic heterocycles. The molecule has 0 aliphatic rings. The maximum absolute atomic E-state index is 14.7. The number of thiophene rings is 1. The normalized spacial score (nSPS) is 11.2. The van der Waals surface area contributed by atoms with E-state index >= 15 is 0 Å². The van der Waals surface area contributed by atoms with Gasteiger partial charge in [0.1, 0.15) is 0 Å². The molecule has 0 bridgehead atoms. The number of benzene rings is 4. The first-order chi connectivity index (χ1) is 30.1. The Labute approximate surface area is 373 Å². The van der Waals surface area contributed by atoms with E-state index in [0.717, 1.165) is 44.3 Å². The van der Waals surface area contributed by atoms with E-state index in [1.54, 1.807) is 41.1 Å². The van der Waals surface area contributed by atoms with Crippen LogP contribution in [0.1, 0.15) is 34.3 Å². The predicted molar refractivity (Wildman–Crippen MR) is 239 cm³/mol. The van der Waals surface area contributed by atoms with Gasteiger partial charge in [0.05, 0.1) is 0 Å². The molecule has 4 aromatic carbocycles. The zero-order valence-corrected chi connectivity index (χ0v) is 39.6. The first-order valence-corrected chi connectivity index (χ1v) is 26.6. The average Bonchev–Trinajstić information content (AvgIpc) is 3.79. The second kappa shape index (κ2) is 17.9. The van der Waals surface area contributed by atoms with Gasteiger partial charge >= 0.3 is 375 Å². The number of rotatable bonds is 13. The summed E-state index contributed by atoms with van der Waals surface area (Å²) in [6.45, 7) is 7.53. The predicted octanol–water partition coefficient (Wildman–Crippen LogP) is 9.63. The van der Waals surface area contributed by atoms with Crippen LogP contribution in [0.15, 0.2) is 138 Å². The van der Waals surface area contributed by atoms with Gasteiger partial charge in [-0.25, -0.2) is 0 Å². The van der Waals surface area contributed by atoms with Crippen LogP contribution in [0.2, 0.25) is 0 Å². The Morgan fingerprint density at radius 1 is 0.452 bits per heavy atom. The number of aromatic nitrogens is 4. The monoisotopic (exact) mass is 954 g/mol. The number of nitrogens with zero attached hydrogens (tertiary/aromatic N) is 4. The molecule has 0 spiro atoms. The molecule has 0 N–H and O–H groups in total. The summed E-state index contributed by atoms with van der Waals surface area (Å²) in [4.78, 5) is 48.3. The van der Waals surface area contributed by atoms with Gasteiger partial charge < -0.3 is 0 Å². The van der Waals surface area contributed by atoms with Crippen LogP contribution in [0.25, 0.3) is 43.6 Å². The Kier molecular flexibility index (Phi) is 11.9.